The van der Waals surface area contributed by atoms with Crippen molar-refractivity contribution >= 4 is 54.9 Å². The van der Waals surface area contributed by atoms with Gasteiger partial charge in [-0.15, -0.1) is 11.3 Å². The third-order valence-corrected chi connectivity index (χ3v) is 13.8. The Bertz CT molecular complexity index is 3000. The van der Waals surface area contributed by atoms with E-state index >= 15 is 0 Å². The van der Waals surface area contributed by atoms with Crippen molar-refractivity contribution in [2.45, 2.75) is 5.41 Å². The molecule has 3 heterocycles. The molecule has 7 aromatic carbocycles. The topological polar surface area (TPSA) is 52.1 Å². The molecular weight excluding hydrogens is 688 g/mol. The molecule has 0 saturated heterocycles. The van der Waals surface area contributed by atoms with Crippen LogP contribution in [0, 0.1) is 0 Å². The van der Waals surface area contributed by atoms with Gasteiger partial charge in [0.25, 0.3) is 0 Å². The third-order valence-electron chi connectivity index (χ3n) is 11.1. The van der Waals surface area contributed by atoms with Crippen molar-refractivity contribution in [1.29, 1.82) is 0 Å². The van der Waals surface area contributed by atoms with E-state index in [1.165, 1.54) is 37.7 Å². The van der Waals surface area contributed by atoms with Gasteiger partial charge in [0.1, 0.15) is 18.6 Å². The van der Waals surface area contributed by atoms with Gasteiger partial charge in [-0.25, -0.2) is 9.97 Å². The van der Waals surface area contributed by atoms with Crippen molar-refractivity contribution < 1.29 is 9.30 Å². The summed E-state index contributed by atoms with van der Waals surface area (Å²) in [6.07, 6.45) is 0. The first-order valence-electron chi connectivity index (χ1n) is 17.8. The second kappa shape index (κ2) is 11.1. The predicted molar refractivity (Wildman–Crippen MR) is 220 cm³/mol. The Balaban J connectivity index is 1.23. The minimum Gasteiger partial charge on any atom is -0.457 e. The van der Waals surface area contributed by atoms with Crippen LogP contribution in [0.2, 0.25) is 0 Å². The van der Waals surface area contributed by atoms with Crippen LogP contribution < -0.4 is 10.0 Å². The maximum absolute atomic E-state index is 12.9. The molecule has 1 aliphatic heterocycles. The van der Waals surface area contributed by atoms with Crippen LogP contribution in [0.25, 0.3) is 64.8 Å². The van der Waals surface area contributed by atoms with E-state index in [9.17, 15) is 4.57 Å². The summed E-state index contributed by atoms with van der Waals surface area (Å²) >= 11 is 1.74. The summed E-state index contributed by atoms with van der Waals surface area (Å²) < 4.78 is 21.8. The number of rotatable bonds is 3. The number of nitrogens with zero attached hydrogens (tertiary/aromatic N) is 2. The average Bonchev–Trinajstić information content (AvgIpc) is 3.71. The van der Waals surface area contributed by atoms with E-state index in [4.69, 9.17) is 14.7 Å². The number of benzene rings is 7. The quantitative estimate of drug-likeness (QED) is 0.171. The van der Waals surface area contributed by atoms with Crippen molar-refractivity contribution in [2.75, 3.05) is 13.3 Å². The Labute approximate surface area is 310 Å². The van der Waals surface area contributed by atoms with E-state index in [0.29, 0.717) is 5.82 Å². The molecule has 2 aromatic heterocycles. The van der Waals surface area contributed by atoms with E-state index < -0.39 is 12.6 Å². The van der Waals surface area contributed by atoms with Gasteiger partial charge in [0.15, 0.2) is 5.82 Å². The molecule has 0 N–H and O–H groups in total. The van der Waals surface area contributed by atoms with Crippen LogP contribution in [0.1, 0.15) is 22.3 Å². The van der Waals surface area contributed by atoms with Gasteiger partial charge >= 0.3 is 0 Å². The molecule has 0 atom stereocenters. The highest BCUT2D eigenvalue weighted by Gasteiger charge is 2.51. The lowest BCUT2D eigenvalue weighted by molar-refractivity contribution is 0.436. The molecule has 0 fully saturated rings. The summed E-state index contributed by atoms with van der Waals surface area (Å²) in [6, 6.07) is 53.6. The molecule has 53 heavy (non-hydrogen) atoms. The molecule has 252 valence electrons. The second-order valence-corrected chi connectivity index (χ2v) is 18.7. The molecule has 9 aromatic rings. The first kappa shape index (κ1) is 30.7. The number of hydrogen-bond acceptors (Lipinski definition) is 5. The summed E-state index contributed by atoms with van der Waals surface area (Å²) in [7, 11) is -2.41. The van der Waals surface area contributed by atoms with Crippen molar-refractivity contribution in [1.82, 2.24) is 9.97 Å². The Morgan fingerprint density at radius 1 is 0.604 bits per heavy atom. The van der Waals surface area contributed by atoms with Gasteiger partial charge < -0.3 is 9.30 Å². The lowest BCUT2D eigenvalue weighted by Crippen LogP contribution is -2.32. The van der Waals surface area contributed by atoms with E-state index in [1.807, 2.05) is 24.3 Å². The van der Waals surface area contributed by atoms with Gasteiger partial charge in [-0.05, 0) is 70.6 Å². The Kier molecular flexibility index (Phi) is 6.42. The second-order valence-electron chi connectivity index (χ2n) is 14.4. The van der Waals surface area contributed by atoms with Crippen LogP contribution in [-0.2, 0) is 9.98 Å². The van der Waals surface area contributed by atoms with Crippen molar-refractivity contribution in [2.24, 2.45) is 0 Å². The minimum atomic E-state index is -2.41. The summed E-state index contributed by atoms with van der Waals surface area (Å²) in [4.78, 5) is 10.6. The Morgan fingerprint density at radius 2 is 1.26 bits per heavy atom. The van der Waals surface area contributed by atoms with Crippen LogP contribution in [0.5, 0.6) is 11.5 Å². The van der Waals surface area contributed by atoms with Crippen LogP contribution in [0.3, 0.4) is 0 Å². The maximum Gasteiger partial charge on any atom is 0.160 e. The van der Waals surface area contributed by atoms with E-state index in [2.05, 4.69) is 127 Å². The lowest BCUT2D eigenvalue weighted by atomic mass is 9.66. The first-order chi connectivity index (χ1) is 25.9. The fraction of sp³-hybridized carbons (Fsp3) is 0.0638. The van der Waals surface area contributed by atoms with Crippen LogP contribution >= 0.6 is 18.5 Å². The summed E-state index contributed by atoms with van der Waals surface area (Å²) in [5, 5.41) is 4.41. The van der Waals surface area contributed by atoms with E-state index in [-0.39, 0.29) is 0 Å². The van der Waals surface area contributed by atoms with E-state index in [0.717, 1.165) is 60.4 Å². The summed E-state index contributed by atoms with van der Waals surface area (Å²) in [5.41, 5.74) is 10.4. The summed E-state index contributed by atoms with van der Waals surface area (Å²) in [6.45, 7) is 3.61. The van der Waals surface area contributed by atoms with Crippen molar-refractivity contribution in [3.05, 3.63) is 174 Å². The molecule has 0 bridgehead atoms. The monoisotopic (exact) mass is 718 g/mol. The Morgan fingerprint density at radius 3 is 2.02 bits per heavy atom. The molecule has 4 nitrogen and oxygen atoms in total. The van der Waals surface area contributed by atoms with Crippen LogP contribution in [0.4, 0.5) is 0 Å². The molecule has 1 aliphatic carbocycles. The zero-order chi connectivity index (χ0) is 35.5. The average molecular weight is 719 g/mol. The molecule has 0 radical (unpaired) electrons. The SMILES string of the molecule is CP(C)(=O)c1ccc(-c2nc(-c3ccc4c(c3)C3(c5ccccc5Oc5ccccc53)c3ccc5ccccc5c3-4)c3sc4ccccc4c3n2)cc1. The van der Waals surface area contributed by atoms with Crippen LogP contribution in [-0.4, -0.2) is 23.3 Å². The van der Waals surface area contributed by atoms with Gasteiger partial charge in [-0.3, -0.25) is 0 Å². The zero-order valence-corrected chi connectivity index (χ0v) is 30.7. The molecular formula is C47H31N2O2PS. The molecule has 0 amide bonds. The summed E-state index contributed by atoms with van der Waals surface area (Å²) in [5.74, 6) is 2.38. The largest absolute Gasteiger partial charge is 0.457 e. The zero-order valence-electron chi connectivity index (χ0n) is 29.0. The number of hydrogen-bond donors (Lipinski definition) is 0. The normalized spacial score (nSPS) is 13.8. The van der Waals surface area contributed by atoms with Gasteiger partial charge in [0, 0.05) is 37.6 Å². The standard InChI is InChI=1S/C47H31N2O2PS/c1-52(2,50)31-23-19-29(20-24-31)46-48-43(45-44(49-46)34-13-5-10-18-41(34)53-45)30-21-25-33-38(27-30)47(37-26-22-28-11-3-4-12-32(28)42(33)37)35-14-6-8-16-39(35)51-40-17-9-7-15-36(40)47/h3-27H,1-2H3. The highest BCUT2D eigenvalue weighted by molar-refractivity contribution is 7.70. The van der Waals surface area contributed by atoms with Gasteiger partial charge in [0.2, 0.25) is 0 Å². The third kappa shape index (κ3) is 4.32. The highest BCUT2D eigenvalue weighted by atomic mass is 32.1. The van der Waals surface area contributed by atoms with Crippen molar-refractivity contribution in [3.8, 4) is 45.3 Å². The van der Waals surface area contributed by atoms with Gasteiger partial charge in [0.05, 0.1) is 21.3 Å². The predicted octanol–water partition coefficient (Wildman–Crippen LogP) is 12.0. The number of ether oxygens (including phenoxy) is 1. The number of aromatic nitrogens is 2. The fourth-order valence-corrected chi connectivity index (χ4v) is 10.7. The molecule has 0 unspecified atom stereocenters. The minimum absolute atomic E-state index is 0.616. The fourth-order valence-electron chi connectivity index (χ4n) is 8.70. The van der Waals surface area contributed by atoms with Crippen LogP contribution in [0.15, 0.2) is 152 Å². The number of thiophene rings is 1. The molecule has 11 rings (SSSR count). The Hall–Kier alpha value is -5.87. The van der Waals surface area contributed by atoms with Gasteiger partial charge in [-0.1, -0.05) is 127 Å². The highest BCUT2D eigenvalue weighted by Crippen LogP contribution is 2.63. The smallest absolute Gasteiger partial charge is 0.160 e. The molecule has 6 heteroatoms. The maximum atomic E-state index is 12.9. The molecule has 1 spiro atoms. The number of para-hydroxylation sites is 2. The van der Waals surface area contributed by atoms with E-state index in [1.54, 1.807) is 24.7 Å². The molecule has 2 aliphatic rings. The van der Waals surface area contributed by atoms with Crippen molar-refractivity contribution in [3.63, 3.8) is 0 Å². The molecule has 0 saturated carbocycles. The lowest BCUT2D eigenvalue weighted by Gasteiger charge is -2.39. The van der Waals surface area contributed by atoms with Gasteiger partial charge in [-0.2, -0.15) is 0 Å². The number of fused-ring (bicyclic) bond motifs is 14. The first-order valence-corrected chi connectivity index (χ1v) is 21.2.